The van der Waals surface area contributed by atoms with E-state index in [1.807, 2.05) is 13.0 Å². The van der Waals surface area contributed by atoms with E-state index in [2.05, 4.69) is 20.9 Å². The fraction of sp³-hybridized carbons (Fsp3) is 0.200. The van der Waals surface area contributed by atoms with Crippen LogP contribution in [0.5, 0.6) is 5.75 Å². The summed E-state index contributed by atoms with van der Waals surface area (Å²) in [7, 11) is 0. The van der Waals surface area contributed by atoms with E-state index in [1.165, 1.54) is 4.68 Å². The van der Waals surface area contributed by atoms with Crippen molar-refractivity contribution in [2.45, 2.75) is 20.4 Å². The molecule has 0 spiro atoms. The Balaban J connectivity index is 1.69. The highest BCUT2D eigenvalue weighted by atomic mass is 35.5. The predicted octanol–water partition coefficient (Wildman–Crippen LogP) is 3.53. The van der Waals surface area contributed by atoms with Crippen LogP contribution in [0.15, 0.2) is 48.5 Å². The van der Waals surface area contributed by atoms with E-state index in [1.54, 1.807) is 49.4 Å². The van der Waals surface area contributed by atoms with Gasteiger partial charge in [-0.15, -0.1) is 5.10 Å². The number of carbonyl (C=O) groups excluding carboxylic acids is 2. The molecule has 2 aromatic carbocycles. The number of anilines is 2. The Labute approximate surface area is 172 Å². The van der Waals surface area contributed by atoms with Crippen molar-refractivity contribution in [1.29, 1.82) is 0 Å². The predicted molar refractivity (Wildman–Crippen MR) is 110 cm³/mol. The number of para-hydroxylation sites is 3. The Morgan fingerprint density at radius 3 is 2.48 bits per heavy atom. The molecule has 1 aromatic heterocycles. The average Bonchev–Trinajstić information content (AvgIpc) is 3.06. The van der Waals surface area contributed by atoms with Gasteiger partial charge in [-0.1, -0.05) is 41.1 Å². The molecule has 0 bridgehead atoms. The quantitative estimate of drug-likeness (QED) is 0.617. The van der Waals surface area contributed by atoms with Crippen LogP contribution in [-0.2, 0) is 11.3 Å². The first-order valence-electron chi connectivity index (χ1n) is 8.97. The molecule has 3 aromatic rings. The van der Waals surface area contributed by atoms with Crippen molar-refractivity contribution in [3.8, 4) is 5.75 Å². The van der Waals surface area contributed by atoms with Crippen LogP contribution in [0.3, 0.4) is 0 Å². The molecule has 0 aliphatic carbocycles. The highest BCUT2D eigenvalue weighted by molar-refractivity contribution is 6.33. The van der Waals surface area contributed by atoms with Gasteiger partial charge in [0.25, 0.3) is 5.91 Å². The van der Waals surface area contributed by atoms with Crippen molar-refractivity contribution in [3.05, 3.63) is 64.9 Å². The van der Waals surface area contributed by atoms with Gasteiger partial charge >= 0.3 is 0 Å². The van der Waals surface area contributed by atoms with E-state index >= 15 is 0 Å². The topological polar surface area (TPSA) is 98.1 Å². The number of nitrogens with zero attached hydrogens (tertiary/aromatic N) is 3. The van der Waals surface area contributed by atoms with E-state index < -0.39 is 5.91 Å². The van der Waals surface area contributed by atoms with Crippen LogP contribution in [-0.4, -0.2) is 33.4 Å². The summed E-state index contributed by atoms with van der Waals surface area (Å²) in [6.45, 7) is 3.92. The lowest BCUT2D eigenvalue weighted by molar-refractivity contribution is -0.117. The van der Waals surface area contributed by atoms with Gasteiger partial charge in [-0.3, -0.25) is 9.59 Å². The third-order valence-electron chi connectivity index (χ3n) is 4.07. The SMILES string of the molecule is CCOc1ccccc1NC(=O)Cn1nnc(C(=O)Nc2ccccc2Cl)c1C. The van der Waals surface area contributed by atoms with Crippen molar-refractivity contribution >= 4 is 34.8 Å². The third kappa shape index (κ3) is 4.91. The number of benzene rings is 2. The molecule has 1 heterocycles. The third-order valence-corrected chi connectivity index (χ3v) is 4.40. The number of ether oxygens (including phenoxy) is 1. The van der Waals surface area contributed by atoms with Crippen LogP contribution in [0.4, 0.5) is 11.4 Å². The van der Waals surface area contributed by atoms with Crippen molar-refractivity contribution < 1.29 is 14.3 Å². The maximum Gasteiger partial charge on any atom is 0.278 e. The zero-order valence-corrected chi connectivity index (χ0v) is 16.7. The number of amides is 2. The lowest BCUT2D eigenvalue weighted by Gasteiger charge is -2.11. The Morgan fingerprint density at radius 2 is 1.76 bits per heavy atom. The van der Waals surface area contributed by atoms with Gasteiger partial charge in [0, 0.05) is 0 Å². The molecule has 2 N–H and O–H groups in total. The van der Waals surface area contributed by atoms with Gasteiger partial charge in [0.05, 0.1) is 28.7 Å². The van der Waals surface area contributed by atoms with Crippen LogP contribution in [0.1, 0.15) is 23.1 Å². The van der Waals surface area contributed by atoms with E-state index in [9.17, 15) is 9.59 Å². The minimum Gasteiger partial charge on any atom is -0.492 e. The van der Waals surface area contributed by atoms with E-state index in [0.717, 1.165) is 0 Å². The van der Waals surface area contributed by atoms with E-state index in [0.29, 0.717) is 34.4 Å². The number of carbonyl (C=O) groups is 2. The van der Waals surface area contributed by atoms with Gasteiger partial charge in [0.1, 0.15) is 12.3 Å². The number of halogens is 1. The number of nitrogens with one attached hydrogen (secondary N) is 2. The Bertz CT molecular complexity index is 1030. The summed E-state index contributed by atoms with van der Waals surface area (Å²) in [5.41, 5.74) is 1.61. The smallest absolute Gasteiger partial charge is 0.278 e. The average molecular weight is 414 g/mol. The molecule has 0 aliphatic heterocycles. The maximum atomic E-state index is 12.5. The largest absolute Gasteiger partial charge is 0.492 e. The standard InChI is InChI=1S/C20H20ClN5O3/c1-3-29-17-11-7-6-10-16(17)22-18(27)12-26-13(2)19(24-25-26)20(28)23-15-9-5-4-8-14(15)21/h4-11H,3,12H2,1-2H3,(H,22,27)(H,23,28). The second kappa shape index (κ2) is 9.20. The molecule has 0 fully saturated rings. The summed E-state index contributed by atoms with van der Waals surface area (Å²) >= 11 is 6.06. The van der Waals surface area contributed by atoms with Crippen LogP contribution >= 0.6 is 11.6 Å². The van der Waals surface area contributed by atoms with Gasteiger partial charge < -0.3 is 15.4 Å². The van der Waals surface area contributed by atoms with Crippen molar-refractivity contribution in [1.82, 2.24) is 15.0 Å². The molecule has 3 rings (SSSR count). The van der Waals surface area contributed by atoms with Crippen LogP contribution in [0.2, 0.25) is 5.02 Å². The zero-order chi connectivity index (χ0) is 20.8. The molecule has 0 saturated heterocycles. The highest BCUT2D eigenvalue weighted by Crippen LogP contribution is 2.24. The number of hydrogen-bond acceptors (Lipinski definition) is 5. The van der Waals surface area contributed by atoms with Gasteiger partial charge in [-0.05, 0) is 38.1 Å². The summed E-state index contributed by atoms with van der Waals surface area (Å²) in [5, 5.41) is 13.7. The molecular formula is C20H20ClN5O3. The Kier molecular flexibility index (Phi) is 6.46. The Morgan fingerprint density at radius 1 is 1.07 bits per heavy atom. The molecule has 0 aliphatic rings. The molecule has 29 heavy (non-hydrogen) atoms. The lowest BCUT2D eigenvalue weighted by Crippen LogP contribution is -2.21. The first-order valence-corrected chi connectivity index (χ1v) is 9.35. The normalized spacial score (nSPS) is 10.4. The fourth-order valence-corrected chi connectivity index (χ4v) is 2.82. The van der Waals surface area contributed by atoms with Crippen LogP contribution in [0, 0.1) is 6.92 Å². The molecule has 0 radical (unpaired) electrons. The minimum absolute atomic E-state index is 0.0985. The van der Waals surface area contributed by atoms with Crippen molar-refractivity contribution in [3.63, 3.8) is 0 Å². The molecular weight excluding hydrogens is 394 g/mol. The first kappa shape index (κ1) is 20.3. The Hall–Kier alpha value is -3.39. The fourth-order valence-electron chi connectivity index (χ4n) is 2.64. The summed E-state index contributed by atoms with van der Waals surface area (Å²) in [4.78, 5) is 24.9. The monoisotopic (exact) mass is 413 g/mol. The summed E-state index contributed by atoms with van der Waals surface area (Å²) in [5.74, 6) is -0.189. The molecule has 9 heteroatoms. The molecule has 0 saturated carbocycles. The van der Waals surface area contributed by atoms with Crippen molar-refractivity contribution in [2.24, 2.45) is 0 Å². The van der Waals surface area contributed by atoms with Crippen LogP contribution < -0.4 is 15.4 Å². The minimum atomic E-state index is -0.455. The number of rotatable bonds is 7. The van der Waals surface area contributed by atoms with Gasteiger partial charge in [0.2, 0.25) is 5.91 Å². The lowest BCUT2D eigenvalue weighted by atomic mass is 10.2. The van der Waals surface area contributed by atoms with Crippen LogP contribution in [0.25, 0.3) is 0 Å². The van der Waals surface area contributed by atoms with Gasteiger partial charge in [-0.25, -0.2) is 4.68 Å². The first-order chi connectivity index (χ1) is 14.0. The second-order valence-corrected chi connectivity index (χ2v) is 6.50. The summed E-state index contributed by atoms with van der Waals surface area (Å²) in [6, 6.07) is 14.0. The maximum absolute atomic E-state index is 12.5. The highest BCUT2D eigenvalue weighted by Gasteiger charge is 2.19. The molecule has 2 amide bonds. The molecule has 8 nitrogen and oxygen atoms in total. The van der Waals surface area contributed by atoms with Crippen molar-refractivity contribution in [2.75, 3.05) is 17.2 Å². The molecule has 0 atom stereocenters. The summed E-state index contributed by atoms with van der Waals surface area (Å²) in [6.07, 6.45) is 0. The molecule has 0 unspecified atom stereocenters. The second-order valence-electron chi connectivity index (χ2n) is 6.09. The van der Waals surface area contributed by atoms with Gasteiger partial charge in [0.15, 0.2) is 5.69 Å². The number of aromatic nitrogens is 3. The summed E-state index contributed by atoms with van der Waals surface area (Å²) < 4.78 is 6.86. The molecule has 150 valence electrons. The number of hydrogen-bond donors (Lipinski definition) is 2. The van der Waals surface area contributed by atoms with Gasteiger partial charge in [-0.2, -0.15) is 0 Å². The van der Waals surface area contributed by atoms with E-state index in [4.69, 9.17) is 16.3 Å². The van der Waals surface area contributed by atoms with E-state index in [-0.39, 0.29) is 18.1 Å². The zero-order valence-electron chi connectivity index (χ0n) is 16.0.